The molecule has 0 saturated heterocycles. The van der Waals surface area contributed by atoms with Gasteiger partial charge in [0.25, 0.3) is 0 Å². The number of benzene rings is 2. The van der Waals surface area contributed by atoms with Crippen LogP contribution < -0.4 is 4.74 Å². The number of hydrogen-bond donors (Lipinski definition) is 2. The number of hydrogen-bond acceptors (Lipinski definition) is 4. The molecule has 0 radical (unpaired) electrons. The summed E-state index contributed by atoms with van der Waals surface area (Å²) in [6.45, 7) is 1.80. The number of methoxy groups -OCH3 is 1. The predicted molar refractivity (Wildman–Crippen MR) is 107 cm³/mol. The molecule has 0 saturated carbocycles. The van der Waals surface area contributed by atoms with Crippen LogP contribution in [0.4, 0.5) is 10.2 Å². The number of nitrogens with zero attached hydrogens (tertiary/aromatic N) is 3. The molecule has 2 aromatic heterocycles. The first-order chi connectivity index (χ1) is 13.5. The summed E-state index contributed by atoms with van der Waals surface area (Å²) in [6.07, 6.45) is 1.80. The van der Waals surface area contributed by atoms with E-state index in [0.717, 1.165) is 10.9 Å². The van der Waals surface area contributed by atoms with E-state index in [-0.39, 0.29) is 11.7 Å². The number of nitrogens with one attached hydrogen (secondary N) is 1. The topological polar surface area (TPSA) is 75.4 Å². The summed E-state index contributed by atoms with van der Waals surface area (Å²) in [5, 5.41) is 15.4. The lowest BCUT2D eigenvalue weighted by Crippen LogP contribution is -1.95. The number of rotatable bonds is 4. The summed E-state index contributed by atoms with van der Waals surface area (Å²) in [7, 11) is 3.32. The van der Waals surface area contributed by atoms with Gasteiger partial charge in [-0.3, -0.25) is 4.68 Å². The van der Waals surface area contributed by atoms with Crippen LogP contribution in [-0.2, 0) is 7.05 Å². The van der Waals surface area contributed by atoms with Crippen LogP contribution in [0.1, 0.15) is 12.5 Å². The lowest BCUT2D eigenvalue weighted by Gasteiger charge is -2.10. The molecule has 2 aromatic carbocycles. The second kappa shape index (κ2) is 6.84. The van der Waals surface area contributed by atoms with Gasteiger partial charge in [-0.25, -0.2) is 9.38 Å². The van der Waals surface area contributed by atoms with E-state index in [2.05, 4.69) is 15.1 Å². The van der Waals surface area contributed by atoms with Gasteiger partial charge in [-0.1, -0.05) is 12.1 Å². The van der Waals surface area contributed by atoms with Gasteiger partial charge in [-0.15, -0.1) is 0 Å². The zero-order valence-electron chi connectivity index (χ0n) is 15.7. The first-order valence-corrected chi connectivity index (χ1v) is 8.71. The Morgan fingerprint density at radius 3 is 2.79 bits per heavy atom. The highest BCUT2D eigenvalue weighted by Gasteiger charge is 2.17. The van der Waals surface area contributed by atoms with Gasteiger partial charge in [0.05, 0.1) is 23.9 Å². The van der Waals surface area contributed by atoms with Crippen molar-refractivity contribution in [3.8, 4) is 22.8 Å². The quantitative estimate of drug-likeness (QED) is 0.511. The van der Waals surface area contributed by atoms with Crippen LogP contribution in [0.2, 0.25) is 0 Å². The molecule has 28 heavy (non-hydrogen) atoms. The van der Waals surface area contributed by atoms with Crippen LogP contribution >= 0.6 is 0 Å². The van der Waals surface area contributed by atoms with Gasteiger partial charge in [0, 0.05) is 30.2 Å². The maximum absolute atomic E-state index is 14.5. The van der Waals surface area contributed by atoms with Gasteiger partial charge in [-0.05, 0) is 36.8 Å². The molecule has 0 aliphatic rings. The van der Waals surface area contributed by atoms with Crippen LogP contribution in [0.5, 0.6) is 11.6 Å². The molecule has 0 spiro atoms. The minimum absolute atomic E-state index is 0.00447. The molecule has 4 rings (SSSR count). The molecule has 2 N–H and O–H groups in total. The van der Waals surface area contributed by atoms with Crippen LogP contribution in [0.3, 0.4) is 0 Å². The molecule has 0 aliphatic heterocycles. The van der Waals surface area contributed by atoms with Gasteiger partial charge in [0.2, 0.25) is 0 Å². The molecular weight excluding hydrogens is 359 g/mol. The van der Waals surface area contributed by atoms with Crippen molar-refractivity contribution in [3.05, 3.63) is 60.0 Å². The Balaban J connectivity index is 1.89. The van der Waals surface area contributed by atoms with E-state index in [1.54, 1.807) is 48.1 Å². The lowest BCUT2D eigenvalue weighted by atomic mass is 10.00. The van der Waals surface area contributed by atoms with E-state index in [4.69, 9.17) is 4.74 Å². The molecule has 2 heterocycles. The van der Waals surface area contributed by atoms with Crippen molar-refractivity contribution < 1.29 is 14.2 Å². The Morgan fingerprint density at radius 1 is 1.25 bits per heavy atom. The number of aliphatic imine (C=N–C) groups is 1. The van der Waals surface area contributed by atoms with Crippen LogP contribution in [0.15, 0.2) is 53.7 Å². The standard InChI is InChI=1S/C21H19FN4O2/c1-12(23-18-9-10-26(2)25-18)19-14-11-13(7-8-16(14)24-21(19)27)20-15(22)5-4-6-17(20)28-3/h4-11,24,27H,1-3H3. The molecule has 0 aliphatic carbocycles. The van der Waals surface area contributed by atoms with Crippen LogP contribution in [0.25, 0.3) is 22.0 Å². The van der Waals surface area contributed by atoms with E-state index in [9.17, 15) is 9.50 Å². The molecule has 0 amide bonds. The third-order valence-corrected chi connectivity index (χ3v) is 4.61. The largest absolute Gasteiger partial charge is 0.496 e. The van der Waals surface area contributed by atoms with Crippen molar-refractivity contribution in [1.29, 1.82) is 0 Å². The third-order valence-electron chi connectivity index (χ3n) is 4.61. The van der Waals surface area contributed by atoms with E-state index >= 15 is 0 Å². The molecular formula is C21H19FN4O2. The lowest BCUT2D eigenvalue weighted by molar-refractivity contribution is 0.413. The number of aromatic nitrogens is 3. The van der Waals surface area contributed by atoms with Crippen LogP contribution in [0, 0.1) is 5.82 Å². The molecule has 6 nitrogen and oxygen atoms in total. The number of fused-ring (bicyclic) bond motifs is 1. The first kappa shape index (κ1) is 17.8. The Bertz CT molecular complexity index is 1210. The Morgan fingerprint density at radius 2 is 2.07 bits per heavy atom. The van der Waals surface area contributed by atoms with Gasteiger partial charge >= 0.3 is 0 Å². The van der Waals surface area contributed by atoms with E-state index in [0.29, 0.717) is 34.0 Å². The van der Waals surface area contributed by atoms with Crippen molar-refractivity contribution in [3.63, 3.8) is 0 Å². The Kier molecular flexibility index (Phi) is 4.35. The number of aromatic hydroxyl groups is 1. The summed E-state index contributed by atoms with van der Waals surface area (Å²) in [5.74, 6) is 0.615. The second-order valence-corrected chi connectivity index (χ2v) is 6.47. The highest BCUT2D eigenvalue weighted by molar-refractivity contribution is 6.13. The molecule has 4 aromatic rings. The highest BCUT2D eigenvalue weighted by Crippen LogP contribution is 2.37. The summed E-state index contributed by atoms with van der Waals surface area (Å²) in [5.41, 5.74) is 2.89. The van der Waals surface area contributed by atoms with E-state index < -0.39 is 0 Å². The Labute approximate surface area is 160 Å². The molecule has 0 fully saturated rings. The van der Waals surface area contributed by atoms with Gasteiger partial charge in [0.15, 0.2) is 11.7 Å². The molecule has 0 atom stereocenters. The van der Waals surface area contributed by atoms with Crippen molar-refractivity contribution in [2.45, 2.75) is 6.92 Å². The monoisotopic (exact) mass is 378 g/mol. The van der Waals surface area contributed by atoms with Crippen molar-refractivity contribution >= 4 is 22.4 Å². The van der Waals surface area contributed by atoms with Crippen molar-refractivity contribution in [2.75, 3.05) is 7.11 Å². The summed E-state index contributed by atoms with van der Waals surface area (Å²) in [4.78, 5) is 7.44. The van der Waals surface area contributed by atoms with Crippen molar-refractivity contribution in [2.24, 2.45) is 12.0 Å². The average molecular weight is 378 g/mol. The Hall–Kier alpha value is -3.61. The van der Waals surface area contributed by atoms with Crippen molar-refractivity contribution in [1.82, 2.24) is 14.8 Å². The highest BCUT2D eigenvalue weighted by atomic mass is 19.1. The molecule has 0 bridgehead atoms. The fourth-order valence-electron chi connectivity index (χ4n) is 3.34. The summed E-state index contributed by atoms with van der Waals surface area (Å²) < 4.78 is 21.5. The number of aromatic amines is 1. The van der Waals surface area contributed by atoms with Crippen LogP contribution in [-0.4, -0.2) is 32.7 Å². The maximum atomic E-state index is 14.5. The number of aryl methyl sites for hydroxylation is 1. The summed E-state index contributed by atoms with van der Waals surface area (Å²) in [6, 6.07) is 11.9. The SMILES string of the molecule is COc1cccc(F)c1-c1ccc2[nH]c(O)c(C(C)=Nc3ccn(C)n3)c2c1. The van der Waals surface area contributed by atoms with Gasteiger partial charge in [-0.2, -0.15) is 5.10 Å². The average Bonchev–Trinajstić information content (AvgIpc) is 3.22. The zero-order valence-corrected chi connectivity index (χ0v) is 15.7. The molecule has 142 valence electrons. The van der Waals surface area contributed by atoms with Gasteiger partial charge in [0.1, 0.15) is 11.6 Å². The summed E-state index contributed by atoms with van der Waals surface area (Å²) >= 11 is 0. The molecule has 0 unspecified atom stereocenters. The van der Waals surface area contributed by atoms with E-state index in [1.165, 1.54) is 13.2 Å². The minimum Gasteiger partial charge on any atom is -0.496 e. The van der Waals surface area contributed by atoms with E-state index in [1.807, 2.05) is 13.1 Å². The minimum atomic E-state index is -0.376. The number of H-pyrrole nitrogens is 1. The fourth-order valence-corrected chi connectivity index (χ4v) is 3.34. The predicted octanol–water partition coefficient (Wildman–Crippen LogP) is 4.56. The normalized spacial score (nSPS) is 11.9. The zero-order chi connectivity index (χ0) is 19.8. The maximum Gasteiger partial charge on any atom is 0.198 e. The smallest absolute Gasteiger partial charge is 0.198 e. The van der Waals surface area contributed by atoms with Gasteiger partial charge < -0.3 is 14.8 Å². The number of halogens is 1. The molecule has 7 heteroatoms. The fraction of sp³-hybridized carbons (Fsp3) is 0.143. The third kappa shape index (κ3) is 3.00. The second-order valence-electron chi connectivity index (χ2n) is 6.47. The first-order valence-electron chi connectivity index (χ1n) is 8.71. The number of ether oxygens (including phenoxy) is 1.